The number of sulfonamides is 1. The van der Waals surface area contributed by atoms with Crippen molar-refractivity contribution in [3.8, 4) is 0 Å². The van der Waals surface area contributed by atoms with Gasteiger partial charge in [-0.1, -0.05) is 12.1 Å². The summed E-state index contributed by atoms with van der Waals surface area (Å²) in [7, 11) is -3.25. The van der Waals surface area contributed by atoms with Gasteiger partial charge in [0.05, 0.1) is 5.75 Å². The minimum atomic E-state index is -3.25. The smallest absolute Gasteiger partial charge is 0.211 e. The van der Waals surface area contributed by atoms with Crippen LogP contribution in [0.25, 0.3) is 0 Å². The van der Waals surface area contributed by atoms with Gasteiger partial charge in [0.25, 0.3) is 0 Å². The van der Waals surface area contributed by atoms with Crippen molar-refractivity contribution in [3.05, 3.63) is 35.6 Å². The highest BCUT2D eigenvalue weighted by atomic mass is 32.2. The predicted octanol–water partition coefficient (Wildman–Crippen LogP) is 1.83. The molecule has 0 amide bonds. The summed E-state index contributed by atoms with van der Waals surface area (Å²) in [6, 6.07) is 5.48. The predicted molar refractivity (Wildman–Crippen MR) is 57.4 cm³/mol. The van der Waals surface area contributed by atoms with Crippen molar-refractivity contribution in [1.82, 2.24) is 4.72 Å². The summed E-state index contributed by atoms with van der Waals surface area (Å²) >= 11 is 0. The van der Waals surface area contributed by atoms with Gasteiger partial charge in [-0.15, -0.1) is 0 Å². The Balaban J connectivity index is 2.82. The second kappa shape index (κ2) is 4.72. The fourth-order valence-electron chi connectivity index (χ4n) is 1.20. The molecule has 0 aliphatic heterocycles. The van der Waals surface area contributed by atoms with Gasteiger partial charge in [0, 0.05) is 6.04 Å². The molecule has 0 bridgehead atoms. The van der Waals surface area contributed by atoms with Gasteiger partial charge >= 0.3 is 0 Å². The van der Waals surface area contributed by atoms with Crippen LogP contribution in [0, 0.1) is 5.82 Å². The minimum absolute atomic E-state index is 0.0205. The van der Waals surface area contributed by atoms with Crippen LogP contribution >= 0.6 is 0 Å². The largest absolute Gasteiger partial charge is 0.212 e. The quantitative estimate of drug-likeness (QED) is 0.859. The maximum absolute atomic E-state index is 12.9. The Bertz CT molecular complexity index is 431. The van der Waals surface area contributed by atoms with E-state index in [1.165, 1.54) is 12.1 Å². The summed E-state index contributed by atoms with van der Waals surface area (Å²) < 4.78 is 37.8. The zero-order valence-electron chi connectivity index (χ0n) is 8.70. The third-order valence-corrected chi connectivity index (χ3v) is 3.56. The first-order valence-electron chi connectivity index (χ1n) is 4.70. The number of hydrogen-bond donors (Lipinski definition) is 1. The van der Waals surface area contributed by atoms with E-state index < -0.39 is 16.1 Å². The molecule has 0 saturated heterocycles. The van der Waals surface area contributed by atoms with Gasteiger partial charge in [-0.05, 0) is 31.5 Å². The Morgan fingerprint density at radius 2 is 2.13 bits per heavy atom. The molecule has 0 aliphatic carbocycles. The highest BCUT2D eigenvalue weighted by Crippen LogP contribution is 2.14. The molecule has 15 heavy (non-hydrogen) atoms. The normalized spacial score (nSPS) is 13.8. The van der Waals surface area contributed by atoms with E-state index in [1.807, 2.05) is 0 Å². The van der Waals surface area contributed by atoms with E-state index in [-0.39, 0.29) is 11.6 Å². The lowest BCUT2D eigenvalue weighted by atomic mass is 10.1. The summed E-state index contributed by atoms with van der Waals surface area (Å²) in [5.74, 6) is -0.345. The molecule has 1 aromatic rings. The van der Waals surface area contributed by atoms with Crippen LogP contribution in [0.5, 0.6) is 0 Å². The molecule has 3 nitrogen and oxygen atoms in total. The molecular weight excluding hydrogens is 217 g/mol. The molecule has 1 rings (SSSR count). The van der Waals surface area contributed by atoms with Gasteiger partial charge in [0.2, 0.25) is 10.0 Å². The summed E-state index contributed by atoms with van der Waals surface area (Å²) in [5, 5.41) is 0. The van der Waals surface area contributed by atoms with Crippen molar-refractivity contribution in [2.24, 2.45) is 0 Å². The number of nitrogens with one attached hydrogen (secondary N) is 1. The van der Waals surface area contributed by atoms with E-state index >= 15 is 0 Å². The van der Waals surface area contributed by atoms with Gasteiger partial charge in [0.15, 0.2) is 0 Å². The summed E-state index contributed by atoms with van der Waals surface area (Å²) in [5.41, 5.74) is 0.618. The van der Waals surface area contributed by atoms with E-state index in [4.69, 9.17) is 0 Å². The molecule has 84 valence electrons. The second-order valence-corrected chi connectivity index (χ2v) is 5.34. The lowest BCUT2D eigenvalue weighted by Crippen LogP contribution is -2.28. The molecule has 0 saturated carbocycles. The Labute approximate surface area is 89.4 Å². The van der Waals surface area contributed by atoms with Crippen molar-refractivity contribution in [2.75, 3.05) is 5.75 Å². The second-order valence-electron chi connectivity index (χ2n) is 3.30. The first-order valence-corrected chi connectivity index (χ1v) is 6.35. The van der Waals surface area contributed by atoms with Crippen LogP contribution in [0.2, 0.25) is 0 Å². The highest BCUT2D eigenvalue weighted by molar-refractivity contribution is 7.89. The monoisotopic (exact) mass is 231 g/mol. The SMILES string of the molecule is CCS(=O)(=O)N[C@@H](C)c1cccc(F)c1. The van der Waals surface area contributed by atoms with E-state index in [9.17, 15) is 12.8 Å². The summed E-state index contributed by atoms with van der Waals surface area (Å²) in [4.78, 5) is 0. The fourth-order valence-corrected chi connectivity index (χ4v) is 2.04. The highest BCUT2D eigenvalue weighted by Gasteiger charge is 2.13. The number of benzene rings is 1. The van der Waals surface area contributed by atoms with Gasteiger partial charge < -0.3 is 0 Å². The van der Waals surface area contributed by atoms with Gasteiger partial charge in [-0.25, -0.2) is 17.5 Å². The van der Waals surface area contributed by atoms with Crippen molar-refractivity contribution in [2.45, 2.75) is 19.9 Å². The lowest BCUT2D eigenvalue weighted by Gasteiger charge is -2.13. The molecule has 5 heteroatoms. The molecule has 1 atom stereocenters. The standard InChI is InChI=1S/C10H14FNO2S/c1-3-15(13,14)12-8(2)9-5-4-6-10(11)7-9/h4-8,12H,3H2,1-2H3/t8-/m0/s1. The van der Waals surface area contributed by atoms with E-state index in [0.717, 1.165) is 0 Å². The van der Waals surface area contributed by atoms with Crippen LogP contribution in [0.15, 0.2) is 24.3 Å². The van der Waals surface area contributed by atoms with Crippen LogP contribution in [0.4, 0.5) is 4.39 Å². The van der Waals surface area contributed by atoms with Crippen LogP contribution in [-0.2, 0) is 10.0 Å². The van der Waals surface area contributed by atoms with E-state index in [2.05, 4.69) is 4.72 Å². The average molecular weight is 231 g/mol. The number of rotatable bonds is 4. The third-order valence-electron chi connectivity index (χ3n) is 2.09. The zero-order chi connectivity index (χ0) is 11.5. The Morgan fingerprint density at radius 1 is 1.47 bits per heavy atom. The molecule has 0 heterocycles. The van der Waals surface area contributed by atoms with Crippen LogP contribution in [0.3, 0.4) is 0 Å². The van der Waals surface area contributed by atoms with Gasteiger partial charge in [-0.2, -0.15) is 0 Å². The number of hydrogen-bond acceptors (Lipinski definition) is 2. The minimum Gasteiger partial charge on any atom is -0.212 e. The van der Waals surface area contributed by atoms with Crippen molar-refractivity contribution in [3.63, 3.8) is 0 Å². The molecule has 0 spiro atoms. The molecule has 0 aromatic heterocycles. The van der Waals surface area contributed by atoms with Crippen LogP contribution in [0.1, 0.15) is 25.5 Å². The lowest BCUT2D eigenvalue weighted by molar-refractivity contribution is 0.566. The summed E-state index contributed by atoms with van der Waals surface area (Å²) in [6.45, 7) is 3.24. The first-order chi connectivity index (χ1) is 6.94. The molecule has 1 N–H and O–H groups in total. The molecule has 0 fully saturated rings. The Morgan fingerprint density at radius 3 is 2.67 bits per heavy atom. The van der Waals surface area contributed by atoms with E-state index in [0.29, 0.717) is 5.56 Å². The van der Waals surface area contributed by atoms with E-state index in [1.54, 1.807) is 26.0 Å². The van der Waals surface area contributed by atoms with Gasteiger partial charge in [-0.3, -0.25) is 0 Å². The van der Waals surface area contributed by atoms with Crippen molar-refractivity contribution in [1.29, 1.82) is 0 Å². The zero-order valence-corrected chi connectivity index (χ0v) is 9.51. The maximum atomic E-state index is 12.9. The fraction of sp³-hybridized carbons (Fsp3) is 0.400. The average Bonchev–Trinajstić information content (AvgIpc) is 2.17. The van der Waals surface area contributed by atoms with Crippen molar-refractivity contribution >= 4 is 10.0 Å². The molecule has 0 unspecified atom stereocenters. The van der Waals surface area contributed by atoms with Crippen LogP contribution in [-0.4, -0.2) is 14.2 Å². The van der Waals surface area contributed by atoms with Crippen LogP contribution < -0.4 is 4.72 Å². The number of halogens is 1. The maximum Gasteiger partial charge on any atom is 0.211 e. The first kappa shape index (κ1) is 12.1. The molecule has 0 aliphatic rings. The molecule has 1 aromatic carbocycles. The van der Waals surface area contributed by atoms with Gasteiger partial charge in [0.1, 0.15) is 5.82 Å². The third kappa shape index (κ3) is 3.60. The Kier molecular flexibility index (Phi) is 3.82. The summed E-state index contributed by atoms with van der Waals surface area (Å²) in [6.07, 6.45) is 0. The van der Waals surface area contributed by atoms with Crippen molar-refractivity contribution < 1.29 is 12.8 Å². The topological polar surface area (TPSA) is 46.2 Å². The molecule has 0 radical (unpaired) electrons. The Hall–Kier alpha value is -0.940. The molecular formula is C10H14FNO2S.